The Balaban J connectivity index is 1.89. The van der Waals surface area contributed by atoms with Crippen LogP contribution >= 0.6 is 0 Å². The van der Waals surface area contributed by atoms with Gasteiger partial charge in [-0.05, 0) is 38.1 Å². The number of fused-ring (bicyclic) bond motifs is 1. The Hall–Kier alpha value is -0.0400. The van der Waals surface area contributed by atoms with Crippen LogP contribution in [0.2, 0.25) is 0 Å². The first-order valence-electron chi connectivity index (χ1n) is 3.57. The molecule has 1 N–H and O–H groups in total. The van der Waals surface area contributed by atoms with E-state index in [2.05, 4.69) is 12.4 Å². The largest absolute Gasteiger partial charge is 0.317 e. The third kappa shape index (κ3) is 0.576. The average molecular weight is 111 g/mol. The van der Waals surface area contributed by atoms with E-state index in [1.807, 2.05) is 0 Å². The summed E-state index contributed by atoms with van der Waals surface area (Å²) in [5.74, 6) is 2.26. The van der Waals surface area contributed by atoms with Crippen molar-refractivity contribution in [2.24, 2.45) is 11.8 Å². The zero-order chi connectivity index (χ0) is 5.56. The molecular formula is C7H13N. The molecule has 46 valence electrons. The van der Waals surface area contributed by atoms with Crippen molar-refractivity contribution in [1.82, 2.24) is 5.32 Å². The van der Waals surface area contributed by atoms with E-state index in [1.54, 1.807) is 0 Å². The minimum absolute atomic E-state index is 0.874. The van der Waals surface area contributed by atoms with Gasteiger partial charge in [-0.2, -0.15) is 0 Å². The van der Waals surface area contributed by atoms with E-state index in [0.717, 1.165) is 17.9 Å². The van der Waals surface area contributed by atoms with E-state index in [9.17, 15) is 0 Å². The molecule has 0 spiro atoms. The minimum Gasteiger partial charge on any atom is -0.317 e. The number of rotatable bonds is 1. The summed E-state index contributed by atoms with van der Waals surface area (Å²) in [7, 11) is 2.08. The first kappa shape index (κ1) is 4.80. The van der Waals surface area contributed by atoms with Crippen LogP contribution in [0, 0.1) is 11.8 Å². The molecule has 0 amide bonds. The Morgan fingerprint density at radius 2 is 1.75 bits per heavy atom. The molecule has 8 heavy (non-hydrogen) atoms. The third-order valence-electron chi connectivity index (χ3n) is 2.65. The summed E-state index contributed by atoms with van der Waals surface area (Å²) < 4.78 is 0. The van der Waals surface area contributed by atoms with Crippen molar-refractivity contribution < 1.29 is 0 Å². The molecule has 1 nitrogen and oxygen atoms in total. The summed E-state index contributed by atoms with van der Waals surface area (Å²) in [6.07, 6.45) is 4.46. The maximum absolute atomic E-state index is 3.32. The predicted octanol–water partition coefficient (Wildman–Crippen LogP) is 1.00. The van der Waals surface area contributed by atoms with Crippen molar-refractivity contribution in [3.05, 3.63) is 0 Å². The molecule has 0 heterocycles. The molecule has 0 aliphatic heterocycles. The molecular weight excluding hydrogens is 98.1 g/mol. The third-order valence-corrected chi connectivity index (χ3v) is 2.65. The van der Waals surface area contributed by atoms with Gasteiger partial charge in [0.25, 0.3) is 0 Å². The fourth-order valence-corrected chi connectivity index (χ4v) is 1.95. The van der Waals surface area contributed by atoms with Crippen LogP contribution in [0.15, 0.2) is 0 Å². The van der Waals surface area contributed by atoms with Gasteiger partial charge in [-0.3, -0.25) is 0 Å². The van der Waals surface area contributed by atoms with E-state index in [4.69, 9.17) is 0 Å². The molecule has 0 bridgehead atoms. The topological polar surface area (TPSA) is 12.0 Å². The molecule has 0 aromatic carbocycles. The van der Waals surface area contributed by atoms with Gasteiger partial charge in [0.1, 0.15) is 0 Å². The van der Waals surface area contributed by atoms with Crippen LogP contribution in [-0.2, 0) is 0 Å². The second-order valence-electron chi connectivity index (χ2n) is 3.21. The maximum Gasteiger partial charge on any atom is 0.00695 e. The zero-order valence-electron chi connectivity index (χ0n) is 5.35. The summed E-state index contributed by atoms with van der Waals surface area (Å²) in [5, 5.41) is 3.32. The standard InChI is InChI=1S/C7H13N/c1-8-7-3-5-2-6(5)4-7/h5-8H,2-4H2,1H3. The van der Waals surface area contributed by atoms with Crippen molar-refractivity contribution in [3.63, 3.8) is 0 Å². The summed E-state index contributed by atoms with van der Waals surface area (Å²) in [5.41, 5.74) is 0. The summed E-state index contributed by atoms with van der Waals surface area (Å²) in [4.78, 5) is 0. The fourth-order valence-electron chi connectivity index (χ4n) is 1.95. The molecule has 0 aromatic rings. The summed E-state index contributed by atoms with van der Waals surface area (Å²) in [6, 6.07) is 0.874. The van der Waals surface area contributed by atoms with Crippen LogP contribution in [0.3, 0.4) is 0 Å². The van der Waals surface area contributed by atoms with E-state index in [1.165, 1.54) is 19.3 Å². The molecule has 2 rings (SSSR count). The second kappa shape index (κ2) is 1.47. The number of hydrogen-bond acceptors (Lipinski definition) is 1. The van der Waals surface area contributed by atoms with Gasteiger partial charge in [0.15, 0.2) is 0 Å². The monoisotopic (exact) mass is 111 g/mol. The highest BCUT2D eigenvalue weighted by Crippen LogP contribution is 2.51. The van der Waals surface area contributed by atoms with Gasteiger partial charge in [0.2, 0.25) is 0 Å². The van der Waals surface area contributed by atoms with Crippen molar-refractivity contribution in [2.45, 2.75) is 25.3 Å². The Labute approximate surface area is 50.5 Å². The number of nitrogens with one attached hydrogen (secondary N) is 1. The van der Waals surface area contributed by atoms with Crippen molar-refractivity contribution >= 4 is 0 Å². The molecule has 2 fully saturated rings. The predicted molar refractivity (Wildman–Crippen MR) is 33.7 cm³/mol. The van der Waals surface area contributed by atoms with Crippen LogP contribution in [0.4, 0.5) is 0 Å². The zero-order valence-corrected chi connectivity index (χ0v) is 5.35. The van der Waals surface area contributed by atoms with Gasteiger partial charge in [0.05, 0.1) is 0 Å². The molecule has 2 saturated carbocycles. The lowest BCUT2D eigenvalue weighted by Gasteiger charge is -2.07. The van der Waals surface area contributed by atoms with Crippen molar-refractivity contribution in [3.8, 4) is 0 Å². The maximum atomic E-state index is 3.32. The van der Waals surface area contributed by atoms with E-state index >= 15 is 0 Å². The normalized spacial score (nSPS) is 51.4. The van der Waals surface area contributed by atoms with Crippen LogP contribution in [0.5, 0.6) is 0 Å². The Kier molecular flexibility index (Phi) is 0.884. The highest BCUT2D eigenvalue weighted by Gasteiger charge is 2.45. The smallest absolute Gasteiger partial charge is 0.00695 e. The van der Waals surface area contributed by atoms with E-state index in [0.29, 0.717) is 0 Å². The molecule has 1 heteroatoms. The summed E-state index contributed by atoms with van der Waals surface area (Å²) >= 11 is 0. The lowest BCUT2D eigenvalue weighted by molar-refractivity contribution is 0.524. The molecule has 0 aromatic heterocycles. The second-order valence-corrected chi connectivity index (χ2v) is 3.21. The highest BCUT2D eigenvalue weighted by atomic mass is 14.9. The van der Waals surface area contributed by atoms with Crippen molar-refractivity contribution in [1.29, 1.82) is 0 Å². The first-order valence-corrected chi connectivity index (χ1v) is 3.57. The highest BCUT2D eigenvalue weighted by molar-refractivity contribution is 4.98. The van der Waals surface area contributed by atoms with Gasteiger partial charge in [-0.15, -0.1) is 0 Å². The summed E-state index contributed by atoms with van der Waals surface area (Å²) in [6.45, 7) is 0. The molecule has 2 aliphatic rings. The lowest BCUT2D eigenvalue weighted by atomic mass is 10.2. The van der Waals surface area contributed by atoms with Crippen LogP contribution in [-0.4, -0.2) is 13.1 Å². The van der Waals surface area contributed by atoms with Crippen LogP contribution in [0.25, 0.3) is 0 Å². The minimum atomic E-state index is 0.874. The van der Waals surface area contributed by atoms with Gasteiger partial charge in [-0.1, -0.05) is 0 Å². The average Bonchev–Trinajstić information content (AvgIpc) is 2.40. The molecule has 2 atom stereocenters. The quantitative estimate of drug-likeness (QED) is 0.532. The molecule has 0 saturated heterocycles. The van der Waals surface area contributed by atoms with Gasteiger partial charge in [-0.25, -0.2) is 0 Å². The van der Waals surface area contributed by atoms with Crippen LogP contribution in [0.1, 0.15) is 19.3 Å². The van der Waals surface area contributed by atoms with Gasteiger partial charge < -0.3 is 5.32 Å². The lowest BCUT2D eigenvalue weighted by Crippen LogP contribution is -2.22. The number of hydrogen-bond donors (Lipinski definition) is 1. The van der Waals surface area contributed by atoms with Crippen LogP contribution < -0.4 is 5.32 Å². The van der Waals surface area contributed by atoms with E-state index < -0.39 is 0 Å². The van der Waals surface area contributed by atoms with E-state index in [-0.39, 0.29) is 0 Å². The SMILES string of the molecule is CNC1CC2CC2C1. The first-order chi connectivity index (χ1) is 3.90. The Bertz CT molecular complexity index is 90.6. The molecule has 0 radical (unpaired) electrons. The van der Waals surface area contributed by atoms with Gasteiger partial charge in [0, 0.05) is 6.04 Å². The molecule has 2 aliphatic carbocycles. The Morgan fingerprint density at radius 1 is 1.12 bits per heavy atom. The molecule has 2 unspecified atom stereocenters. The fraction of sp³-hybridized carbons (Fsp3) is 1.00. The van der Waals surface area contributed by atoms with Crippen molar-refractivity contribution in [2.75, 3.05) is 7.05 Å². The Morgan fingerprint density at radius 3 is 2.12 bits per heavy atom. The van der Waals surface area contributed by atoms with Gasteiger partial charge >= 0.3 is 0 Å².